The maximum Gasteiger partial charge on any atom is 0.311 e. The average Bonchev–Trinajstić information content (AvgIpc) is 2.37. The van der Waals surface area contributed by atoms with Crippen LogP contribution in [0.15, 0.2) is 0 Å². The molecular weight excluding hydrogens is 232 g/mol. The van der Waals surface area contributed by atoms with Crippen molar-refractivity contribution in [2.24, 2.45) is 5.41 Å². The van der Waals surface area contributed by atoms with Crippen LogP contribution in [-0.2, 0) is 9.59 Å². The number of carbonyl (C=O) groups is 2. The second kappa shape index (κ2) is 7.36. The molecule has 0 aliphatic heterocycles. The van der Waals surface area contributed by atoms with Crippen molar-refractivity contribution in [1.82, 2.24) is 10.6 Å². The molecule has 1 aliphatic rings. The van der Waals surface area contributed by atoms with E-state index in [1.165, 1.54) is 0 Å². The van der Waals surface area contributed by atoms with Gasteiger partial charge in [0.15, 0.2) is 0 Å². The first-order chi connectivity index (χ1) is 8.60. The summed E-state index contributed by atoms with van der Waals surface area (Å²) >= 11 is 0. The lowest BCUT2D eigenvalue weighted by Crippen LogP contribution is -2.44. The van der Waals surface area contributed by atoms with Crippen molar-refractivity contribution in [1.29, 1.82) is 0 Å². The molecule has 1 aliphatic carbocycles. The molecule has 3 N–H and O–H groups in total. The number of carboxylic acid groups (broad SMARTS) is 1. The van der Waals surface area contributed by atoms with E-state index in [2.05, 4.69) is 10.6 Å². The highest BCUT2D eigenvalue weighted by molar-refractivity contribution is 5.79. The summed E-state index contributed by atoms with van der Waals surface area (Å²) in [4.78, 5) is 23.0. The van der Waals surface area contributed by atoms with Crippen LogP contribution in [0.4, 0.5) is 0 Å². The Kier molecular flexibility index (Phi) is 6.12. The van der Waals surface area contributed by atoms with E-state index >= 15 is 0 Å². The molecule has 1 saturated carbocycles. The van der Waals surface area contributed by atoms with Crippen LogP contribution in [0, 0.1) is 5.41 Å². The van der Waals surface area contributed by atoms with Crippen LogP contribution in [-0.4, -0.2) is 37.1 Å². The van der Waals surface area contributed by atoms with Crippen LogP contribution < -0.4 is 10.6 Å². The summed E-state index contributed by atoms with van der Waals surface area (Å²) in [7, 11) is 1.85. The van der Waals surface area contributed by atoms with E-state index in [1.54, 1.807) is 0 Å². The van der Waals surface area contributed by atoms with Gasteiger partial charge in [-0.3, -0.25) is 9.59 Å². The molecule has 104 valence electrons. The topological polar surface area (TPSA) is 78.4 Å². The van der Waals surface area contributed by atoms with E-state index in [-0.39, 0.29) is 12.5 Å². The van der Waals surface area contributed by atoms with Crippen molar-refractivity contribution >= 4 is 11.9 Å². The highest BCUT2D eigenvalue weighted by Crippen LogP contribution is 2.35. The lowest BCUT2D eigenvalue weighted by Gasteiger charge is -2.33. The molecule has 5 heteroatoms. The maximum atomic E-state index is 11.6. The molecule has 18 heavy (non-hydrogen) atoms. The number of carboxylic acids is 1. The predicted octanol–water partition coefficient (Wildman–Crippen LogP) is 1.14. The van der Waals surface area contributed by atoms with Gasteiger partial charge in [0, 0.05) is 13.0 Å². The molecule has 1 fully saturated rings. The first kappa shape index (κ1) is 15.0. The van der Waals surface area contributed by atoms with Crippen LogP contribution in [0.25, 0.3) is 0 Å². The zero-order valence-electron chi connectivity index (χ0n) is 11.1. The first-order valence-corrected chi connectivity index (χ1v) is 6.75. The molecule has 0 spiro atoms. The third-order valence-electron chi connectivity index (χ3n) is 3.72. The largest absolute Gasteiger partial charge is 0.481 e. The second-order valence-electron chi connectivity index (χ2n) is 5.13. The van der Waals surface area contributed by atoms with Crippen LogP contribution in [0.3, 0.4) is 0 Å². The van der Waals surface area contributed by atoms with Crippen molar-refractivity contribution in [2.45, 2.75) is 44.9 Å². The van der Waals surface area contributed by atoms with E-state index in [9.17, 15) is 14.7 Å². The number of aliphatic carboxylic acids is 1. The normalized spacial score (nSPS) is 18.3. The average molecular weight is 256 g/mol. The zero-order chi connectivity index (χ0) is 13.4. The molecule has 0 unspecified atom stereocenters. The second-order valence-corrected chi connectivity index (χ2v) is 5.13. The van der Waals surface area contributed by atoms with Crippen molar-refractivity contribution in [2.75, 3.05) is 20.1 Å². The minimum absolute atomic E-state index is 0.0450. The van der Waals surface area contributed by atoms with Crippen molar-refractivity contribution in [3.63, 3.8) is 0 Å². The zero-order valence-corrected chi connectivity index (χ0v) is 11.1. The van der Waals surface area contributed by atoms with E-state index < -0.39 is 11.4 Å². The molecule has 0 aromatic rings. The van der Waals surface area contributed by atoms with E-state index in [1.807, 2.05) is 7.05 Å². The monoisotopic (exact) mass is 256 g/mol. The minimum atomic E-state index is -0.766. The molecule has 1 amide bonds. The van der Waals surface area contributed by atoms with Crippen molar-refractivity contribution < 1.29 is 14.7 Å². The molecule has 0 aromatic carbocycles. The number of hydrogen-bond donors (Lipinski definition) is 3. The molecule has 5 nitrogen and oxygen atoms in total. The first-order valence-electron chi connectivity index (χ1n) is 6.75. The van der Waals surface area contributed by atoms with E-state index in [0.717, 1.165) is 32.2 Å². The third kappa shape index (κ3) is 4.29. The fourth-order valence-corrected chi connectivity index (χ4v) is 2.48. The summed E-state index contributed by atoms with van der Waals surface area (Å²) in [6.07, 6.45) is 5.59. The Labute approximate surface area is 108 Å². The standard InChI is InChI=1S/C13H24N2O3/c1-14-9-5-6-11(16)15-10-13(12(17)18)7-3-2-4-8-13/h14H,2-10H2,1H3,(H,15,16)(H,17,18). The van der Waals surface area contributed by atoms with Gasteiger partial charge >= 0.3 is 5.97 Å². The molecule has 1 rings (SSSR count). The van der Waals surface area contributed by atoms with Gasteiger partial charge in [-0.25, -0.2) is 0 Å². The Hall–Kier alpha value is -1.10. The molecular formula is C13H24N2O3. The Morgan fingerprint density at radius 1 is 1.22 bits per heavy atom. The van der Waals surface area contributed by atoms with Gasteiger partial charge in [0.2, 0.25) is 5.91 Å². The highest BCUT2D eigenvalue weighted by Gasteiger charge is 2.39. The van der Waals surface area contributed by atoms with Gasteiger partial charge in [0.05, 0.1) is 5.41 Å². The number of nitrogens with one attached hydrogen (secondary N) is 2. The molecule has 0 atom stereocenters. The predicted molar refractivity (Wildman–Crippen MR) is 69.3 cm³/mol. The van der Waals surface area contributed by atoms with Gasteiger partial charge < -0.3 is 15.7 Å². The van der Waals surface area contributed by atoms with Gasteiger partial charge in [0.25, 0.3) is 0 Å². The number of carbonyl (C=O) groups excluding carboxylic acids is 1. The number of hydrogen-bond acceptors (Lipinski definition) is 3. The van der Waals surface area contributed by atoms with Gasteiger partial charge in [-0.05, 0) is 32.9 Å². The number of rotatable bonds is 7. The van der Waals surface area contributed by atoms with Gasteiger partial charge in [0.1, 0.15) is 0 Å². The lowest BCUT2D eigenvalue weighted by atomic mass is 9.74. The van der Waals surface area contributed by atoms with Crippen molar-refractivity contribution in [3.05, 3.63) is 0 Å². The van der Waals surface area contributed by atoms with Gasteiger partial charge in [-0.1, -0.05) is 19.3 Å². The molecule has 0 aromatic heterocycles. The van der Waals surface area contributed by atoms with Crippen LogP contribution in [0.1, 0.15) is 44.9 Å². The summed E-state index contributed by atoms with van der Waals surface area (Å²) in [5.41, 5.74) is -0.725. The fourth-order valence-electron chi connectivity index (χ4n) is 2.48. The fraction of sp³-hybridized carbons (Fsp3) is 0.846. The Bertz CT molecular complexity index is 286. The summed E-state index contributed by atoms with van der Waals surface area (Å²) in [5, 5.41) is 15.1. The summed E-state index contributed by atoms with van der Waals surface area (Å²) in [6, 6.07) is 0. The maximum absolute atomic E-state index is 11.6. The number of amides is 1. The van der Waals surface area contributed by atoms with Crippen molar-refractivity contribution in [3.8, 4) is 0 Å². The van der Waals surface area contributed by atoms with Crippen LogP contribution >= 0.6 is 0 Å². The van der Waals surface area contributed by atoms with Gasteiger partial charge in [-0.15, -0.1) is 0 Å². The summed E-state index contributed by atoms with van der Waals surface area (Å²) in [6.45, 7) is 1.08. The van der Waals surface area contributed by atoms with Crippen LogP contribution in [0.5, 0.6) is 0 Å². The third-order valence-corrected chi connectivity index (χ3v) is 3.72. The smallest absolute Gasteiger partial charge is 0.311 e. The van der Waals surface area contributed by atoms with E-state index in [0.29, 0.717) is 19.3 Å². The Morgan fingerprint density at radius 2 is 1.89 bits per heavy atom. The van der Waals surface area contributed by atoms with Crippen LogP contribution in [0.2, 0.25) is 0 Å². The molecule has 0 saturated heterocycles. The van der Waals surface area contributed by atoms with Gasteiger partial charge in [-0.2, -0.15) is 0 Å². The Balaban J connectivity index is 2.38. The minimum Gasteiger partial charge on any atom is -0.481 e. The molecule has 0 radical (unpaired) electrons. The lowest BCUT2D eigenvalue weighted by molar-refractivity contribution is -0.151. The quantitative estimate of drug-likeness (QED) is 0.597. The molecule has 0 bridgehead atoms. The summed E-state index contributed by atoms with van der Waals surface area (Å²) < 4.78 is 0. The SMILES string of the molecule is CNCCCC(=O)NCC1(C(=O)O)CCCCC1. The summed E-state index contributed by atoms with van der Waals surface area (Å²) in [5.74, 6) is -0.811. The highest BCUT2D eigenvalue weighted by atomic mass is 16.4. The Morgan fingerprint density at radius 3 is 2.44 bits per heavy atom. The van der Waals surface area contributed by atoms with E-state index in [4.69, 9.17) is 0 Å². The molecule has 0 heterocycles.